The van der Waals surface area contributed by atoms with Crippen LogP contribution in [-0.2, 0) is 4.79 Å². The molecule has 1 fully saturated rings. The van der Waals surface area contributed by atoms with Crippen molar-refractivity contribution >= 4 is 5.97 Å². The van der Waals surface area contributed by atoms with E-state index >= 15 is 0 Å². The normalized spacial score (nSPS) is 19.4. The van der Waals surface area contributed by atoms with Gasteiger partial charge in [-0.1, -0.05) is 18.6 Å². The Morgan fingerprint density at radius 1 is 1.53 bits per heavy atom. The summed E-state index contributed by atoms with van der Waals surface area (Å²) in [6.07, 6.45) is 2.20. The summed E-state index contributed by atoms with van der Waals surface area (Å²) in [5, 5.41) is 12.4. The van der Waals surface area contributed by atoms with Gasteiger partial charge < -0.3 is 10.4 Å². The molecule has 2 rings (SSSR count). The van der Waals surface area contributed by atoms with E-state index in [-0.39, 0.29) is 11.9 Å². The van der Waals surface area contributed by atoms with Crippen LogP contribution in [0.1, 0.15) is 30.9 Å². The number of halogens is 1. The minimum absolute atomic E-state index is 0.329. The highest BCUT2D eigenvalue weighted by molar-refractivity contribution is 5.77. The fourth-order valence-electron chi connectivity index (χ4n) is 2.63. The average Bonchev–Trinajstić information content (AvgIpc) is 2.22. The van der Waals surface area contributed by atoms with Crippen LogP contribution < -0.4 is 5.32 Å². The fourth-order valence-corrected chi connectivity index (χ4v) is 2.63. The number of carboxylic acids is 1. The molecule has 17 heavy (non-hydrogen) atoms. The first-order chi connectivity index (χ1) is 8.10. The lowest BCUT2D eigenvalue weighted by molar-refractivity contribution is -0.157. The maximum atomic E-state index is 13.2. The Morgan fingerprint density at radius 3 is 2.65 bits per heavy atom. The predicted molar refractivity (Wildman–Crippen MR) is 62.1 cm³/mol. The molecular weight excluding hydrogens is 221 g/mol. The summed E-state index contributed by atoms with van der Waals surface area (Å²) in [7, 11) is 1.72. The van der Waals surface area contributed by atoms with Crippen molar-refractivity contribution in [2.24, 2.45) is 5.41 Å². The molecule has 1 unspecified atom stereocenters. The molecule has 1 aliphatic rings. The molecule has 2 N–H and O–H groups in total. The second-order valence-electron chi connectivity index (χ2n) is 4.59. The van der Waals surface area contributed by atoms with Gasteiger partial charge in [0.05, 0.1) is 5.41 Å². The monoisotopic (exact) mass is 237 g/mol. The first kappa shape index (κ1) is 12.0. The Labute approximate surface area is 99.7 Å². The van der Waals surface area contributed by atoms with Crippen LogP contribution >= 0.6 is 0 Å². The summed E-state index contributed by atoms with van der Waals surface area (Å²) >= 11 is 0. The molecule has 0 spiro atoms. The molecule has 0 saturated heterocycles. The zero-order chi connectivity index (χ0) is 12.5. The molecule has 1 aliphatic carbocycles. The molecule has 1 aromatic rings. The van der Waals surface area contributed by atoms with E-state index < -0.39 is 11.4 Å². The van der Waals surface area contributed by atoms with E-state index in [1.165, 1.54) is 12.1 Å². The second-order valence-corrected chi connectivity index (χ2v) is 4.59. The second kappa shape index (κ2) is 4.45. The molecule has 0 amide bonds. The van der Waals surface area contributed by atoms with Crippen molar-refractivity contribution < 1.29 is 14.3 Å². The molecule has 1 atom stereocenters. The zero-order valence-corrected chi connectivity index (χ0v) is 9.74. The van der Waals surface area contributed by atoms with E-state index in [0.29, 0.717) is 18.4 Å². The number of carbonyl (C=O) groups is 1. The van der Waals surface area contributed by atoms with Gasteiger partial charge in [-0.3, -0.25) is 4.79 Å². The Kier molecular flexibility index (Phi) is 3.15. The van der Waals surface area contributed by atoms with Gasteiger partial charge in [0.25, 0.3) is 0 Å². The quantitative estimate of drug-likeness (QED) is 0.845. The van der Waals surface area contributed by atoms with Gasteiger partial charge in [-0.15, -0.1) is 0 Å². The number of aliphatic carboxylic acids is 1. The first-order valence-corrected chi connectivity index (χ1v) is 5.76. The van der Waals surface area contributed by atoms with Crippen LogP contribution in [0, 0.1) is 11.2 Å². The molecular formula is C13H16FNO2. The van der Waals surface area contributed by atoms with Gasteiger partial charge in [-0.05, 0) is 37.6 Å². The lowest BCUT2D eigenvalue weighted by Gasteiger charge is -2.44. The van der Waals surface area contributed by atoms with Crippen molar-refractivity contribution in [2.75, 3.05) is 7.05 Å². The van der Waals surface area contributed by atoms with Gasteiger partial charge in [-0.25, -0.2) is 4.39 Å². The van der Waals surface area contributed by atoms with Gasteiger partial charge in [0, 0.05) is 6.04 Å². The highest BCUT2D eigenvalue weighted by Gasteiger charge is 2.50. The number of rotatable bonds is 4. The topological polar surface area (TPSA) is 49.3 Å². The van der Waals surface area contributed by atoms with Crippen LogP contribution in [-0.4, -0.2) is 18.1 Å². The van der Waals surface area contributed by atoms with E-state index in [2.05, 4.69) is 5.32 Å². The van der Waals surface area contributed by atoms with E-state index in [1.54, 1.807) is 19.2 Å². The van der Waals surface area contributed by atoms with E-state index in [9.17, 15) is 14.3 Å². The summed E-state index contributed by atoms with van der Waals surface area (Å²) < 4.78 is 13.2. The van der Waals surface area contributed by atoms with Crippen LogP contribution in [0.15, 0.2) is 24.3 Å². The Hall–Kier alpha value is -1.42. The van der Waals surface area contributed by atoms with Crippen molar-refractivity contribution in [1.82, 2.24) is 5.32 Å². The summed E-state index contributed by atoms with van der Waals surface area (Å²) in [5.41, 5.74) is -0.0719. The van der Waals surface area contributed by atoms with E-state index in [4.69, 9.17) is 0 Å². The lowest BCUT2D eigenvalue weighted by atomic mass is 9.62. The van der Waals surface area contributed by atoms with Gasteiger partial charge in [0.2, 0.25) is 0 Å². The van der Waals surface area contributed by atoms with Gasteiger partial charge in [0.15, 0.2) is 0 Å². The SMILES string of the molecule is CNC(c1cccc(F)c1)C1(C(=O)O)CCC1. The number of carboxylic acid groups (broad SMARTS) is 1. The lowest BCUT2D eigenvalue weighted by Crippen LogP contribution is -2.47. The molecule has 0 aromatic heterocycles. The third kappa shape index (κ3) is 1.93. The predicted octanol–water partition coefficient (Wildman–Crippen LogP) is 2.34. The average molecular weight is 237 g/mol. The van der Waals surface area contributed by atoms with Crippen molar-refractivity contribution in [3.8, 4) is 0 Å². The molecule has 3 nitrogen and oxygen atoms in total. The van der Waals surface area contributed by atoms with Crippen LogP contribution in [0.4, 0.5) is 4.39 Å². The van der Waals surface area contributed by atoms with E-state index in [1.807, 2.05) is 0 Å². The summed E-state index contributed by atoms with van der Waals surface area (Å²) in [5.74, 6) is -1.13. The van der Waals surface area contributed by atoms with Crippen molar-refractivity contribution in [2.45, 2.75) is 25.3 Å². The molecule has 0 aliphatic heterocycles. The van der Waals surface area contributed by atoms with Gasteiger partial charge in [0.1, 0.15) is 5.82 Å². The third-order valence-corrected chi connectivity index (χ3v) is 3.69. The number of benzene rings is 1. The zero-order valence-electron chi connectivity index (χ0n) is 9.74. The molecule has 4 heteroatoms. The molecule has 1 aromatic carbocycles. The number of hydrogen-bond acceptors (Lipinski definition) is 2. The van der Waals surface area contributed by atoms with Crippen LogP contribution in [0.2, 0.25) is 0 Å². The highest BCUT2D eigenvalue weighted by Crippen LogP contribution is 2.50. The number of hydrogen-bond donors (Lipinski definition) is 2. The molecule has 1 saturated carbocycles. The Bertz CT molecular complexity index is 429. The smallest absolute Gasteiger partial charge is 0.311 e. The molecule has 92 valence electrons. The maximum Gasteiger partial charge on any atom is 0.311 e. The largest absolute Gasteiger partial charge is 0.481 e. The third-order valence-electron chi connectivity index (χ3n) is 3.69. The molecule has 0 heterocycles. The Morgan fingerprint density at radius 2 is 2.24 bits per heavy atom. The Balaban J connectivity index is 2.36. The van der Waals surface area contributed by atoms with Crippen molar-refractivity contribution in [3.05, 3.63) is 35.6 Å². The summed E-state index contributed by atoms with van der Waals surface area (Å²) in [6, 6.07) is 5.83. The van der Waals surface area contributed by atoms with Crippen LogP contribution in [0.25, 0.3) is 0 Å². The summed E-state index contributed by atoms with van der Waals surface area (Å²) in [6.45, 7) is 0. The fraction of sp³-hybridized carbons (Fsp3) is 0.462. The highest BCUT2D eigenvalue weighted by atomic mass is 19.1. The molecule has 0 bridgehead atoms. The first-order valence-electron chi connectivity index (χ1n) is 5.76. The van der Waals surface area contributed by atoms with Crippen molar-refractivity contribution in [3.63, 3.8) is 0 Å². The van der Waals surface area contributed by atoms with Crippen LogP contribution in [0.3, 0.4) is 0 Å². The van der Waals surface area contributed by atoms with Crippen molar-refractivity contribution in [1.29, 1.82) is 0 Å². The van der Waals surface area contributed by atoms with E-state index in [0.717, 1.165) is 6.42 Å². The number of nitrogens with one attached hydrogen (secondary N) is 1. The van der Waals surface area contributed by atoms with Gasteiger partial charge in [-0.2, -0.15) is 0 Å². The summed E-state index contributed by atoms with van der Waals surface area (Å²) in [4.78, 5) is 11.4. The maximum absolute atomic E-state index is 13.2. The van der Waals surface area contributed by atoms with Crippen LogP contribution in [0.5, 0.6) is 0 Å². The standard InChI is InChI=1S/C13H16FNO2/c1-15-11(9-4-2-5-10(14)8-9)13(12(16)17)6-3-7-13/h2,4-5,8,11,15H,3,6-7H2,1H3,(H,16,17). The minimum Gasteiger partial charge on any atom is -0.481 e. The molecule has 0 radical (unpaired) electrons. The van der Waals surface area contributed by atoms with Gasteiger partial charge >= 0.3 is 5.97 Å². The minimum atomic E-state index is -0.799.